The molecule has 0 saturated heterocycles. The summed E-state index contributed by atoms with van der Waals surface area (Å²) in [7, 11) is 1.33. The highest BCUT2D eigenvalue weighted by atomic mass is 16.5. The predicted molar refractivity (Wildman–Crippen MR) is 74.4 cm³/mol. The second kappa shape index (κ2) is 6.22. The second-order valence-electron chi connectivity index (χ2n) is 4.48. The van der Waals surface area contributed by atoms with Crippen molar-refractivity contribution in [2.24, 2.45) is 4.99 Å². The lowest BCUT2D eigenvalue weighted by Gasteiger charge is -2.23. The van der Waals surface area contributed by atoms with Gasteiger partial charge >= 0.3 is 6.09 Å². The van der Waals surface area contributed by atoms with E-state index in [-0.39, 0.29) is 0 Å². The summed E-state index contributed by atoms with van der Waals surface area (Å²) in [5.74, 6) is 0.822. The molecular weight excluding hydrogens is 242 g/mol. The van der Waals surface area contributed by atoms with Crippen molar-refractivity contribution in [3.8, 4) is 0 Å². The minimum atomic E-state index is -0.503. The standard InChI is InChI=1S/C14H19N3O2/c1-3-10-4-6-11(7-5-10)12-8-15-13(16-9-12)17-14(18)19-2/h4-7,12H,3,8-9H2,1-2H3,(H2,15,16,17,18). The van der Waals surface area contributed by atoms with Gasteiger partial charge in [0, 0.05) is 12.5 Å². The zero-order valence-corrected chi connectivity index (χ0v) is 11.3. The molecule has 5 heteroatoms. The summed E-state index contributed by atoms with van der Waals surface area (Å²) in [6, 6.07) is 8.61. The van der Waals surface area contributed by atoms with E-state index >= 15 is 0 Å². The zero-order valence-electron chi connectivity index (χ0n) is 11.3. The normalized spacial score (nSPS) is 18.2. The fraction of sp³-hybridized carbons (Fsp3) is 0.429. The molecular formula is C14H19N3O2. The van der Waals surface area contributed by atoms with E-state index in [1.807, 2.05) is 0 Å². The molecule has 0 aliphatic carbocycles. The van der Waals surface area contributed by atoms with Gasteiger partial charge in [0.05, 0.1) is 13.7 Å². The monoisotopic (exact) mass is 261 g/mol. The van der Waals surface area contributed by atoms with Crippen molar-refractivity contribution >= 4 is 12.1 Å². The highest BCUT2D eigenvalue weighted by Crippen LogP contribution is 2.18. The zero-order chi connectivity index (χ0) is 13.7. The summed E-state index contributed by atoms with van der Waals surface area (Å²) < 4.78 is 4.52. The maximum absolute atomic E-state index is 11.0. The van der Waals surface area contributed by atoms with Gasteiger partial charge in [-0.1, -0.05) is 31.2 Å². The van der Waals surface area contributed by atoms with Crippen LogP contribution in [0.15, 0.2) is 29.3 Å². The number of amides is 1. The Hall–Kier alpha value is -2.04. The van der Waals surface area contributed by atoms with Gasteiger partial charge in [0.25, 0.3) is 0 Å². The van der Waals surface area contributed by atoms with E-state index in [2.05, 4.69) is 51.6 Å². The van der Waals surface area contributed by atoms with E-state index in [1.165, 1.54) is 18.2 Å². The minimum Gasteiger partial charge on any atom is -0.453 e. The fourth-order valence-corrected chi connectivity index (χ4v) is 2.02. The third kappa shape index (κ3) is 3.47. The molecule has 0 saturated carbocycles. The maximum atomic E-state index is 11.0. The quantitative estimate of drug-likeness (QED) is 0.851. The van der Waals surface area contributed by atoms with Crippen molar-refractivity contribution in [3.63, 3.8) is 0 Å². The average molecular weight is 261 g/mol. The minimum absolute atomic E-state index is 0.342. The number of carbonyl (C=O) groups is 1. The van der Waals surface area contributed by atoms with Crippen molar-refractivity contribution in [3.05, 3.63) is 35.4 Å². The number of aliphatic imine (C=N–C) groups is 1. The first-order chi connectivity index (χ1) is 9.22. The van der Waals surface area contributed by atoms with Crippen molar-refractivity contribution in [2.75, 3.05) is 20.2 Å². The van der Waals surface area contributed by atoms with Gasteiger partial charge in [0.15, 0.2) is 0 Å². The topological polar surface area (TPSA) is 62.7 Å². The molecule has 0 aromatic heterocycles. The molecule has 1 heterocycles. The van der Waals surface area contributed by atoms with Crippen LogP contribution in [0.4, 0.5) is 4.79 Å². The molecule has 1 aliphatic rings. The van der Waals surface area contributed by atoms with Crippen LogP contribution in [0.25, 0.3) is 0 Å². The summed E-state index contributed by atoms with van der Waals surface area (Å²) >= 11 is 0. The van der Waals surface area contributed by atoms with Crippen LogP contribution in [0.5, 0.6) is 0 Å². The van der Waals surface area contributed by atoms with Crippen molar-refractivity contribution in [2.45, 2.75) is 19.3 Å². The van der Waals surface area contributed by atoms with Gasteiger partial charge in [-0.25, -0.2) is 4.79 Å². The van der Waals surface area contributed by atoms with E-state index in [0.29, 0.717) is 18.4 Å². The molecule has 2 N–H and O–H groups in total. The third-order valence-electron chi connectivity index (χ3n) is 3.25. The molecule has 0 radical (unpaired) electrons. The molecule has 0 fully saturated rings. The van der Waals surface area contributed by atoms with Crippen LogP contribution >= 0.6 is 0 Å². The van der Waals surface area contributed by atoms with Gasteiger partial charge in [-0.2, -0.15) is 0 Å². The molecule has 102 valence electrons. The highest BCUT2D eigenvalue weighted by molar-refractivity contribution is 5.94. The van der Waals surface area contributed by atoms with Crippen molar-refractivity contribution < 1.29 is 9.53 Å². The number of methoxy groups -OCH3 is 1. The molecule has 1 atom stereocenters. The third-order valence-corrected chi connectivity index (χ3v) is 3.25. The number of alkyl carbamates (subject to hydrolysis) is 1. The molecule has 5 nitrogen and oxygen atoms in total. The summed E-state index contributed by atoms with van der Waals surface area (Å²) in [6.07, 6.45) is 0.547. The first kappa shape index (κ1) is 13.4. The van der Waals surface area contributed by atoms with Crippen LogP contribution in [0.3, 0.4) is 0 Å². The number of hydrogen-bond acceptors (Lipinski definition) is 4. The number of benzene rings is 1. The Labute approximate surface area is 113 Å². The number of carbonyl (C=O) groups excluding carboxylic acids is 1. The first-order valence-electron chi connectivity index (χ1n) is 6.45. The van der Waals surface area contributed by atoms with Gasteiger partial charge in [-0.3, -0.25) is 10.3 Å². The molecule has 0 spiro atoms. The number of ether oxygens (including phenoxy) is 1. The number of nitrogens with zero attached hydrogens (tertiary/aromatic N) is 1. The van der Waals surface area contributed by atoms with Gasteiger partial charge in [0.2, 0.25) is 5.96 Å². The van der Waals surface area contributed by atoms with E-state index in [1.54, 1.807) is 0 Å². The van der Waals surface area contributed by atoms with Crippen LogP contribution in [0, 0.1) is 0 Å². The number of rotatable bonds is 2. The van der Waals surface area contributed by atoms with Crippen molar-refractivity contribution in [1.29, 1.82) is 0 Å². The number of guanidine groups is 1. The van der Waals surface area contributed by atoms with Crippen LogP contribution in [-0.4, -0.2) is 32.3 Å². The van der Waals surface area contributed by atoms with Gasteiger partial charge in [-0.15, -0.1) is 0 Å². The van der Waals surface area contributed by atoms with Gasteiger partial charge in [-0.05, 0) is 17.5 Å². The van der Waals surface area contributed by atoms with Gasteiger partial charge < -0.3 is 10.1 Å². The number of hydrogen-bond donors (Lipinski definition) is 2. The Balaban J connectivity index is 1.96. The van der Waals surface area contributed by atoms with Crippen molar-refractivity contribution in [1.82, 2.24) is 10.6 Å². The maximum Gasteiger partial charge on any atom is 0.413 e. The SMILES string of the molecule is CCc1ccc(C2CN=C(NC(=O)OC)NC2)cc1. The molecule has 19 heavy (non-hydrogen) atoms. The molecule has 1 unspecified atom stereocenters. The van der Waals surface area contributed by atoms with E-state index in [0.717, 1.165) is 13.0 Å². The Bertz CT molecular complexity index is 468. The van der Waals surface area contributed by atoms with Crippen LogP contribution < -0.4 is 10.6 Å². The Morgan fingerprint density at radius 1 is 1.47 bits per heavy atom. The van der Waals surface area contributed by atoms with Gasteiger partial charge in [0.1, 0.15) is 0 Å². The Morgan fingerprint density at radius 2 is 2.21 bits per heavy atom. The largest absolute Gasteiger partial charge is 0.453 e. The molecule has 0 bridgehead atoms. The predicted octanol–water partition coefficient (Wildman–Crippen LogP) is 1.65. The molecule has 1 amide bonds. The second-order valence-corrected chi connectivity index (χ2v) is 4.48. The summed E-state index contributed by atoms with van der Waals surface area (Å²) in [5, 5.41) is 5.64. The van der Waals surface area contributed by atoms with Crippen LogP contribution in [0.2, 0.25) is 0 Å². The highest BCUT2D eigenvalue weighted by Gasteiger charge is 2.18. The Kier molecular flexibility index (Phi) is 4.39. The number of nitrogens with one attached hydrogen (secondary N) is 2. The fourth-order valence-electron chi connectivity index (χ4n) is 2.02. The van der Waals surface area contributed by atoms with E-state index in [4.69, 9.17) is 0 Å². The lowest BCUT2D eigenvalue weighted by Crippen LogP contribution is -2.45. The smallest absolute Gasteiger partial charge is 0.413 e. The summed E-state index contributed by atoms with van der Waals surface area (Å²) in [6.45, 7) is 3.57. The molecule has 1 aromatic carbocycles. The van der Waals surface area contributed by atoms with E-state index in [9.17, 15) is 4.79 Å². The molecule has 1 aliphatic heterocycles. The first-order valence-corrected chi connectivity index (χ1v) is 6.45. The lowest BCUT2D eigenvalue weighted by molar-refractivity contribution is 0.176. The molecule has 1 aromatic rings. The molecule has 2 rings (SSSR count). The summed E-state index contributed by atoms with van der Waals surface area (Å²) in [5.41, 5.74) is 2.61. The van der Waals surface area contributed by atoms with Crippen LogP contribution in [-0.2, 0) is 11.2 Å². The number of aryl methyl sites for hydroxylation is 1. The van der Waals surface area contributed by atoms with Crippen LogP contribution in [0.1, 0.15) is 24.0 Å². The average Bonchev–Trinajstić information content (AvgIpc) is 2.48. The summed E-state index contributed by atoms with van der Waals surface area (Å²) in [4.78, 5) is 15.4. The Morgan fingerprint density at radius 3 is 2.74 bits per heavy atom. The van der Waals surface area contributed by atoms with E-state index < -0.39 is 6.09 Å². The lowest BCUT2D eigenvalue weighted by atomic mass is 9.97.